The second kappa shape index (κ2) is 2.61. The topological polar surface area (TPSA) is 54.4 Å². The minimum absolute atomic E-state index is 0.146. The van der Waals surface area contributed by atoms with Crippen LogP contribution in [0.25, 0.3) is 0 Å². The molecule has 1 atom stereocenters. The molecule has 1 heterocycles. The fourth-order valence-electron chi connectivity index (χ4n) is 1.76. The van der Waals surface area contributed by atoms with Crippen LogP contribution in [0.1, 0.15) is 26.2 Å². The Morgan fingerprint density at radius 1 is 1.54 bits per heavy atom. The van der Waals surface area contributed by atoms with Crippen LogP contribution in [0.5, 0.6) is 0 Å². The summed E-state index contributed by atoms with van der Waals surface area (Å²) in [6, 6.07) is 0. The number of carboxylic acid groups (broad SMARTS) is 1. The van der Waals surface area contributed by atoms with E-state index in [0.29, 0.717) is 12.8 Å². The maximum absolute atomic E-state index is 11.3. The van der Waals surface area contributed by atoms with Crippen molar-refractivity contribution >= 4 is 23.5 Å². The molecule has 0 saturated carbocycles. The van der Waals surface area contributed by atoms with Crippen molar-refractivity contribution in [3.05, 3.63) is 10.5 Å². The van der Waals surface area contributed by atoms with E-state index in [0.717, 1.165) is 16.9 Å². The Morgan fingerprint density at radius 2 is 2.23 bits per heavy atom. The summed E-state index contributed by atoms with van der Waals surface area (Å²) in [6.45, 7) is 1.69. The third-order valence-corrected chi connectivity index (χ3v) is 4.03. The molecule has 70 valence electrons. The first-order valence-corrected chi connectivity index (χ1v) is 5.02. The second-order valence-electron chi connectivity index (χ2n) is 3.64. The van der Waals surface area contributed by atoms with Gasteiger partial charge in [0, 0.05) is 18.4 Å². The van der Waals surface area contributed by atoms with Gasteiger partial charge in [-0.25, -0.2) is 0 Å². The lowest BCUT2D eigenvalue weighted by Gasteiger charge is -2.18. The van der Waals surface area contributed by atoms with Crippen molar-refractivity contribution in [2.45, 2.75) is 30.9 Å². The molecule has 0 spiro atoms. The van der Waals surface area contributed by atoms with E-state index in [1.807, 2.05) is 0 Å². The lowest BCUT2D eigenvalue weighted by molar-refractivity contribution is -0.139. The van der Waals surface area contributed by atoms with Gasteiger partial charge in [-0.2, -0.15) is 0 Å². The Kier molecular flexibility index (Phi) is 1.77. The average molecular weight is 198 g/mol. The van der Waals surface area contributed by atoms with Gasteiger partial charge in [0.25, 0.3) is 0 Å². The minimum atomic E-state index is -0.820. The van der Waals surface area contributed by atoms with Crippen molar-refractivity contribution in [2.24, 2.45) is 0 Å². The summed E-state index contributed by atoms with van der Waals surface area (Å²) in [5.74, 6) is -0.674. The van der Waals surface area contributed by atoms with Crippen LogP contribution in [0.15, 0.2) is 10.5 Å². The lowest BCUT2D eigenvalue weighted by Crippen LogP contribution is -2.29. The summed E-state index contributed by atoms with van der Waals surface area (Å²) in [7, 11) is 0. The van der Waals surface area contributed by atoms with Crippen LogP contribution in [0, 0.1) is 0 Å². The number of carbonyl (C=O) groups is 2. The van der Waals surface area contributed by atoms with E-state index in [1.54, 1.807) is 6.92 Å². The number of hydrogen-bond donors (Lipinski definition) is 1. The number of carbonyl (C=O) groups excluding carboxylic acids is 1. The molecule has 1 N–H and O–H groups in total. The van der Waals surface area contributed by atoms with Gasteiger partial charge in [-0.05, 0) is 18.2 Å². The standard InChI is InChI=1S/C9H10O3S/c1-9(8(11)12)4-5-6(10)2-3-7(5)13-9/h2-4H2,1H3,(H,11,12). The molecule has 0 aromatic carbocycles. The summed E-state index contributed by atoms with van der Waals surface area (Å²) in [6.07, 6.45) is 1.73. The lowest BCUT2D eigenvalue weighted by atomic mass is 10.00. The zero-order chi connectivity index (χ0) is 9.64. The van der Waals surface area contributed by atoms with Crippen molar-refractivity contribution in [2.75, 3.05) is 0 Å². The highest BCUT2D eigenvalue weighted by Gasteiger charge is 2.45. The Bertz CT molecular complexity index is 332. The smallest absolute Gasteiger partial charge is 0.320 e. The molecule has 0 radical (unpaired) electrons. The first-order valence-electron chi connectivity index (χ1n) is 4.20. The van der Waals surface area contributed by atoms with Crippen LogP contribution in [-0.4, -0.2) is 21.6 Å². The van der Waals surface area contributed by atoms with Gasteiger partial charge in [0.1, 0.15) is 4.75 Å². The third-order valence-electron chi connectivity index (χ3n) is 2.57. The Balaban J connectivity index is 2.25. The number of allylic oxidation sites excluding steroid dienone is 2. The number of hydrogen-bond acceptors (Lipinski definition) is 3. The predicted molar refractivity (Wildman–Crippen MR) is 49.5 cm³/mol. The van der Waals surface area contributed by atoms with E-state index < -0.39 is 10.7 Å². The van der Waals surface area contributed by atoms with Crippen LogP contribution < -0.4 is 0 Å². The van der Waals surface area contributed by atoms with Gasteiger partial charge < -0.3 is 5.11 Å². The fourth-order valence-corrected chi connectivity index (χ4v) is 3.12. The molecule has 13 heavy (non-hydrogen) atoms. The molecular formula is C9H10O3S. The molecule has 2 aliphatic rings. The third kappa shape index (κ3) is 1.20. The molecule has 0 saturated heterocycles. The highest BCUT2D eigenvalue weighted by Crippen LogP contribution is 2.51. The summed E-state index contributed by atoms with van der Waals surface area (Å²) in [5.41, 5.74) is 0.773. The van der Waals surface area contributed by atoms with Gasteiger partial charge in [0.15, 0.2) is 5.78 Å². The zero-order valence-electron chi connectivity index (χ0n) is 7.29. The largest absolute Gasteiger partial charge is 0.480 e. The summed E-state index contributed by atoms with van der Waals surface area (Å²) >= 11 is 1.35. The fraction of sp³-hybridized carbons (Fsp3) is 0.556. The van der Waals surface area contributed by atoms with E-state index in [-0.39, 0.29) is 5.78 Å². The Labute approximate surface area is 80.2 Å². The molecule has 2 rings (SSSR count). The average Bonchev–Trinajstić information content (AvgIpc) is 2.52. The number of carboxylic acids is 1. The Hall–Kier alpha value is -0.770. The molecule has 4 heteroatoms. The molecular weight excluding hydrogens is 188 g/mol. The van der Waals surface area contributed by atoms with Gasteiger partial charge in [-0.3, -0.25) is 9.59 Å². The van der Waals surface area contributed by atoms with Crippen LogP contribution in [0.3, 0.4) is 0 Å². The van der Waals surface area contributed by atoms with Gasteiger partial charge in [-0.15, -0.1) is 11.8 Å². The van der Waals surface area contributed by atoms with Gasteiger partial charge in [-0.1, -0.05) is 0 Å². The molecule has 3 nitrogen and oxygen atoms in total. The van der Waals surface area contributed by atoms with E-state index in [1.165, 1.54) is 11.8 Å². The van der Waals surface area contributed by atoms with Crippen molar-refractivity contribution in [3.8, 4) is 0 Å². The highest BCUT2D eigenvalue weighted by molar-refractivity contribution is 8.05. The number of Topliss-reactive ketones (excluding diaryl/α,β-unsaturated/α-hetero) is 1. The van der Waals surface area contributed by atoms with Gasteiger partial charge in [0.2, 0.25) is 0 Å². The highest BCUT2D eigenvalue weighted by atomic mass is 32.2. The Morgan fingerprint density at radius 3 is 2.77 bits per heavy atom. The predicted octanol–water partition coefficient (Wildman–Crippen LogP) is 1.58. The molecule has 0 bridgehead atoms. The van der Waals surface area contributed by atoms with E-state index >= 15 is 0 Å². The van der Waals surface area contributed by atoms with E-state index in [4.69, 9.17) is 5.11 Å². The quantitative estimate of drug-likeness (QED) is 0.695. The number of aliphatic carboxylic acids is 1. The van der Waals surface area contributed by atoms with Crippen molar-refractivity contribution in [3.63, 3.8) is 0 Å². The summed E-state index contributed by atoms with van der Waals surface area (Å²) in [4.78, 5) is 23.2. The number of ketones is 1. The monoisotopic (exact) mass is 198 g/mol. The van der Waals surface area contributed by atoms with Crippen LogP contribution in [-0.2, 0) is 9.59 Å². The minimum Gasteiger partial charge on any atom is -0.480 e. The van der Waals surface area contributed by atoms with Crippen molar-refractivity contribution < 1.29 is 14.7 Å². The van der Waals surface area contributed by atoms with Crippen molar-refractivity contribution in [1.29, 1.82) is 0 Å². The van der Waals surface area contributed by atoms with E-state index in [9.17, 15) is 9.59 Å². The van der Waals surface area contributed by atoms with Gasteiger partial charge in [0.05, 0.1) is 0 Å². The maximum atomic E-state index is 11.3. The van der Waals surface area contributed by atoms with E-state index in [2.05, 4.69) is 0 Å². The normalized spacial score (nSPS) is 32.5. The summed E-state index contributed by atoms with van der Waals surface area (Å²) in [5, 5.41) is 8.96. The SMILES string of the molecule is CC1(C(=O)O)CC2=C(CCC2=O)S1. The van der Waals surface area contributed by atoms with Crippen LogP contribution in [0.4, 0.5) is 0 Å². The second-order valence-corrected chi connectivity index (χ2v) is 5.24. The zero-order valence-corrected chi connectivity index (χ0v) is 8.11. The molecule has 1 aliphatic heterocycles. The number of rotatable bonds is 1. The number of thioether (sulfide) groups is 1. The molecule has 0 aromatic rings. The first kappa shape index (κ1) is 8.81. The van der Waals surface area contributed by atoms with Crippen LogP contribution >= 0.6 is 11.8 Å². The van der Waals surface area contributed by atoms with Gasteiger partial charge >= 0.3 is 5.97 Å². The maximum Gasteiger partial charge on any atom is 0.320 e. The summed E-state index contributed by atoms with van der Waals surface area (Å²) < 4.78 is -0.791. The molecule has 1 aliphatic carbocycles. The molecule has 0 fully saturated rings. The molecule has 1 unspecified atom stereocenters. The first-order chi connectivity index (χ1) is 6.03. The molecule has 0 amide bonds. The molecule has 0 aromatic heterocycles. The van der Waals surface area contributed by atoms with Crippen molar-refractivity contribution in [1.82, 2.24) is 0 Å². The van der Waals surface area contributed by atoms with Crippen LogP contribution in [0.2, 0.25) is 0 Å².